The summed E-state index contributed by atoms with van der Waals surface area (Å²) in [6.07, 6.45) is 1.33. The number of imidazole rings is 1. The molecule has 4 rings (SSSR count). The van der Waals surface area contributed by atoms with Gasteiger partial charge in [0, 0.05) is 19.7 Å². The third-order valence-corrected chi connectivity index (χ3v) is 4.22. The van der Waals surface area contributed by atoms with Crippen LogP contribution in [0, 0.1) is 0 Å². The lowest BCUT2D eigenvalue weighted by Crippen LogP contribution is -2.37. The third-order valence-electron chi connectivity index (χ3n) is 4.22. The molecule has 0 saturated heterocycles. The topological polar surface area (TPSA) is 130 Å². The minimum absolute atomic E-state index is 0.0615. The number of carbonyl (C=O) groups excluding carboxylic acids is 1. The van der Waals surface area contributed by atoms with Gasteiger partial charge in [0.2, 0.25) is 11.8 Å². The van der Waals surface area contributed by atoms with Crippen molar-refractivity contribution >= 4 is 23.1 Å². The van der Waals surface area contributed by atoms with Gasteiger partial charge in [-0.2, -0.15) is 0 Å². The number of carbonyl (C=O) groups is 1. The minimum Gasteiger partial charge on any atom is -0.403 e. The van der Waals surface area contributed by atoms with Crippen LogP contribution in [-0.4, -0.2) is 34.8 Å². The first-order valence-electron chi connectivity index (χ1n) is 8.25. The van der Waals surface area contributed by atoms with Crippen LogP contribution in [0.25, 0.3) is 22.6 Å². The van der Waals surface area contributed by atoms with E-state index in [4.69, 9.17) is 4.42 Å². The highest BCUT2D eigenvalue weighted by atomic mass is 16.4. The Balaban J connectivity index is 1.58. The highest BCUT2D eigenvalue weighted by Crippen LogP contribution is 2.19. The smallest absolute Gasteiger partial charge is 0.332 e. The fourth-order valence-corrected chi connectivity index (χ4v) is 2.80. The number of nitrogens with one attached hydrogen (secondary N) is 1. The van der Waals surface area contributed by atoms with E-state index in [2.05, 4.69) is 20.5 Å². The number of aryl methyl sites for hydroxylation is 1. The Morgan fingerprint density at radius 2 is 1.86 bits per heavy atom. The second-order valence-corrected chi connectivity index (χ2v) is 6.08. The van der Waals surface area contributed by atoms with Gasteiger partial charge in [-0.05, 0) is 12.1 Å². The number of rotatable bonds is 4. The van der Waals surface area contributed by atoms with Crippen molar-refractivity contribution in [1.82, 2.24) is 28.9 Å². The third kappa shape index (κ3) is 2.88. The molecule has 0 atom stereocenters. The van der Waals surface area contributed by atoms with Crippen molar-refractivity contribution in [2.75, 3.05) is 5.32 Å². The molecule has 0 spiro atoms. The van der Waals surface area contributed by atoms with E-state index in [1.807, 2.05) is 18.2 Å². The quantitative estimate of drug-likeness (QED) is 0.531. The largest absolute Gasteiger partial charge is 0.403 e. The maximum absolute atomic E-state index is 12.4. The minimum atomic E-state index is -0.535. The molecule has 1 N–H and O–H groups in total. The normalized spacial score (nSPS) is 11.1. The lowest BCUT2D eigenvalue weighted by Gasteiger charge is -2.06. The molecular weight excluding hydrogens is 366 g/mol. The summed E-state index contributed by atoms with van der Waals surface area (Å²) in [6, 6.07) is 9.06. The van der Waals surface area contributed by atoms with Crippen molar-refractivity contribution in [2.24, 2.45) is 14.1 Å². The maximum atomic E-state index is 12.4. The molecule has 4 aromatic rings. The van der Waals surface area contributed by atoms with Gasteiger partial charge in [0.25, 0.3) is 5.56 Å². The molecule has 1 aromatic carbocycles. The zero-order chi connectivity index (χ0) is 19.8. The predicted molar refractivity (Wildman–Crippen MR) is 98.6 cm³/mol. The van der Waals surface area contributed by atoms with Crippen molar-refractivity contribution in [3.8, 4) is 11.5 Å². The van der Waals surface area contributed by atoms with Crippen LogP contribution in [0.1, 0.15) is 0 Å². The van der Waals surface area contributed by atoms with Crippen LogP contribution in [0.15, 0.2) is 50.7 Å². The Kier molecular flexibility index (Phi) is 4.11. The average Bonchev–Trinajstić information content (AvgIpc) is 3.33. The van der Waals surface area contributed by atoms with Crippen LogP contribution in [0.5, 0.6) is 0 Å². The molecule has 0 aliphatic heterocycles. The number of amides is 1. The van der Waals surface area contributed by atoms with Gasteiger partial charge in [-0.3, -0.25) is 24.0 Å². The van der Waals surface area contributed by atoms with Crippen LogP contribution in [0.3, 0.4) is 0 Å². The molecule has 0 saturated carbocycles. The Labute approximate surface area is 156 Å². The monoisotopic (exact) mass is 381 g/mol. The number of hydrogen-bond donors (Lipinski definition) is 1. The van der Waals surface area contributed by atoms with Gasteiger partial charge < -0.3 is 8.98 Å². The standard InChI is InChI=1S/C17H15N7O4/c1-22-13-12(15(26)23(2)17(22)27)24(9-18-13)8-11(25)19-16-21-20-14(28-16)10-6-4-3-5-7-10/h3-7,9H,8H2,1-2H3,(H,19,21,25). The molecule has 11 heteroatoms. The number of fused-ring (bicyclic) bond motifs is 1. The van der Waals surface area contributed by atoms with E-state index in [0.29, 0.717) is 0 Å². The molecule has 142 valence electrons. The molecule has 11 nitrogen and oxygen atoms in total. The van der Waals surface area contributed by atoms with Crippen LogP contribution in [0.2, 0.25) is 0 Å². The molecule has 0 aliphatic carbocycles. The number of hydrogen-bond acceptors (Lipinski definition) is 7. The molecule has 0 unspecified atom stereocenters. The van der Waals surface area contributed by atoms with Gasteiger partial charge in [-0.1, -0.05) is 23.3 Å². The second kappa shape index (κ2) is 6.61. The zero-order valence-corrected chi connectivity index (χ0v) is 15.0. The van der Waals surface area contributed by atoms with E-state index in [-0.39, 0.29) is 29.6 Å². The summed E-state index contributed by atoms with van der Waals surface area (Å²) in [5.41, 5.74) is 0.0416. The van der Waals surface area contributed by atoms with Gasteiger partial charge in [0.05, 0.1) is 6.33 Å². The zero-order valence-electron chi connectivity index (χ0n) is 15.0. The van der Waals surface area contributed by atoms with Gasteiger partial charge in [0.15, 0.2) is 11.2 Å². The summed E-state index contributed by atoms with van der Waals surface area (Å²) in [5, 5.41) is 10.2. The Hall–Kier alpha value is -4.02. The second-order valence-electron chi connectivity index (χ2n) is 6.08. The number of anilines is 1. The highest BCUT2D eigenvalue weighted by Gasteiger charge is 2.17. The molecule has 28 heavy (non-hydrogen) atoms. The Bertz CT molecular complexity index is 1300. The first-order chi connectivity index (χ1) is 13.5. The molecule has 1 amide bonds. The van der Waals surface area contributed by atoms with Crippen molar-refractivity contribution < 1.29 is 9.21 Å². The molecular formula is C17H15N7O4. The molecule has 0 fully saturated rings. The van der Waals surface area contributed by atoms with Crippen LogP contribution in [-0.2, 0) is 25.4 Å². The fourth-order valence-electron chi connectivity index (χ4n) is 2.80. The van der Waals surface area contributed by atoms with Gasteiger partial charge in [-0.25, -0.2) is 9.78 Å². The van der Waals surface area contributed by atoms with Gasteiger partial charge in [-0.15, -0.1) is 5.10 Å². The number of aromatic nitrogens is 6. The van der Waals surface area contributed by atoms with Crippen LogP contribution < -0.4 is 16.6 Å². The van der Waals surface area contributed by atoms with Crippen LogP contribution in [0.4, 0.5) is 6.01 Å². The molecule has 0 bridgehead atoms. The molecule has 0 radical (unpaired) electrons. The summed E-state index contributed by atoms with van der Waals surface area (Å²) < 4.78 is 9.00. The molecule has 3 aromatic heterocycles. The van der Waals surface area contributed by atoms with E-state index in [0.717, 1.165) is 10.1 Å². The van der Waals surface area contributed by atoms with E-state index in [9.17, 15) is 14.4 Å². The van der Waals surface area contributed by atoms with E-state index < -0.39 is 17.2 Å². The lowest BCUT2D eigenvalue weighted by atomic mass is 10.2. The van der Waals surface area contributed by atoms with Crippen molar-refractivity contribution in [2.45, 2.75) is 6.54 Å². The first kappa shape index (κ1) is 17.4. The SMILES string of the molecule is Cn1c(=O)c2c(ncn2CC(=O)Nc2nnc(-c3ccccc3)o2)n(C)c1=O. The summed E-state index contributed by atoms with van der Waals surface area (Å²) in [7, 11) is 2.87. The van der Waals surface area contributed by atoms with Crippen molar-refractivity contribution in [3.63, 3.8) is 0 Å². The summed E-state index contributed by atoms with van der Waals surface area (Å²) in [5.74, 6) is -0.216. The highest BCUT2D eigenvalue weighted by molar-refractivity contribution is 5.89. The van der Waals surface area contributed by atoms with Gasteiger partial charge in [0.1, 0.15) is 6.54 Å². The summed E-state index contributed by atoms with van der Waals surface area (Å²) in [6.45, 7) is -0.215. The first-order valence-corrected chi connectivity index (χ1v) is 8.25. The fraction of sp³-hybridized carbons (Fsp3) is 0.176. The Morgan fingerprint density at radius 3 is 2.61 bits per heavy atom. The van der Waals surface area contributed by atoms with Gasteiger partial charge >= 0.3 is 11.7 Å². The predicted octanol–water partition coefficient (Wildman–Crippen LogP) is 0.122. The molecule has 0 aliphatic rings. The summed E-state index contributed by atoms with van der Waals surface area (Å²) in [4.78, 5) is 40.8. The Morgan fingerprint density at radius 1 is 1.11 bits per heavy atom. The number of benzene rings is 1. The van der Waals surface area contributed by atoms with Crippen molar-refractivity contribution in [3.05, 3.63) is 57.5 Å². The van der Waals surface area contributed by atoms with E-state index in [1.54, 1.807) is 12.1 Å². The van der Waals surface area contributed by atoms with Crippen molar-refractivity contribution in [1.29, 1.82) is 0 Å². The maximum Gasteiger partial charge on any atom is 0.332 e. The van der Waals surface area contributed by atoms with E-state index in [1.165, 1.54) is 29.6 Å². The lowest BCUT2D eigenvalue weighted by molar-refractivity contribution is -0.116. The number of nitrogens with zero attached hydrogens (tertiary/aromatic N) is 6. The summed E-state index contributed by atoms with van der Waals surface area (Å²) >= 11 is 0. The molecule has 3 heterocycles. The van der Waals surface area contributed by atoms with Crippen LogP contribution >= 0.6 is 0 Å². The van der Waals surface area contributed by atoms with E-state index >= 15 is 0 Å². The average molecular weight is 381 g/mol.